The van der Waals surface area contributed by atoms with Gasteiger partial charge in [0, 0.05) is 38.7 Å². The van der Waals surface area contributed by atoms with Gasteiger partial charge >= 0.3 is 6.03 Å². The zero-order valence-corrected chi connectivity index (χ0v) is 14.9. The molecule has 1 heterocycles. The normalized spacial score (nSPS) is 14.2. The fourth-order valence-corrected chi connectivity index (χ4v) is 2.83. The van der Waals surface area contributed by atoms with E-state index < -0.39 is 5.79 Å². The molecule has 1 N–H and O–H groups in total. The van der Waals surface area contributed by atoms with Crippen LogP contribution < -0.4 is 14.8 Å². The number of hydrogen-bond acceptors (Lipinski definition) is 3. The fraction of sp³-hybridized carbons (Fsp3) is 0.350. The summed E-state index contributed by atoms with van der Waals surface area (Å²) in [6, 6.07) is 15.3. The van der Waals surface area contributed by atoms with Crippen molar-refractivity contribution in [2.24, 2.45) is 0 Å². The molecule has 0 spiro atoms. The zero-order valence-electron chi connectivity index (χ0n) is 14.9. The minimum atomic E-state index is -0.674. The molecule has 2 aromatic rings. The van der Waals surface area contributed by atoms with E-state index in [1.54, 1.807) is 6.07 Å². The number of carbonyl (C=O) groups is 1. The predicted molar refractivity (Wildman–Crippen MR) is 97.9 cm³/mol. The smallest absolute Gasteiger partial charge is 0.322 e. The highest BCUT2D eigenvalue weighted by Crippen LogP contribution is 2.40. The van der Waals surface area contributed by atoms with Crippen molar-refractivity contribution in [1.82, 2.24) is 4.90 Å². The molecule has 2 aromatic carbocycles. The van der Waals surface area contributed by atoms with Crippen molar-refractivity contribution in [3.05, 3.63) is 54.1 Å². The Labute approximate surface area is 148 Å². The van der Waals surface area contributed by atoms with Gasteiger partial charge in [-0.05, 0) is 24.1 Å². The summed E-state index contributed by atoms with van der Waals surface area (Å²) in [7, 11) is 0. The standard InChI is InChI=1S/C20H24N2O3/c1-4-12-22(14-15-8-6-5-7-9-15)19(23)21-16-10-11-17-18(13-16)25-20(2,3)24-17/h5-11,13H,4,12,14H2,1-3H3,(H,21,23). The lowest BCUT2D eigenvalue weighted by atomic mass is 10.2. The van der Waals surface area contributed by atoms with Gasteiger partial charge in [-0.1, -0.05) is 37.3 Å². The van der Waals surface area contributed by atoms with Crippen molar-refractivity contribution in [3.63, 3.8) is 0 Å². The molecular formula is C20H24N2O3. The Balaban J connectivity index is 1.69. The van der Waals surface area contributed by atoms with E-state index in [2.05, 4.69) is 12.2 Å². The third-order valence-electron chi connectivity index (χ3n) is 3.90. The minimum Gasteiger partial charge on any atom is -0.449 e. The number of benzene rings is 2. The number of urea groups is 1. The van der Waals surface area contributed by atoms with Crippen LogP contribution in [-0.4, -0.2) is 23.3 Å². The number of rotatable bonds is 5. The average molecular weight is 340 g/mol. The number of carbonyl (C=O) groups excluding carboxylic acids is 1. The van der Waals surface area contributed by atoms with E-state index in [1.165, 1.54) is 0 Å². The highest BCUT2D eigenvalue weighted by molar-refractivity contribution is 5.89. The van der Waals surface area contributed by atoms with Crippen LogP contribution in [0, 0.1) is 0 Å². The molecule has 0 unspecified atom stereocenters. The third-order valence-corrected chi connectivity index (χ3v) is 3.90. The molecule has 0 saturated carbocycles. The SMILES string of the molecule is CCCN(Cc1ccccc1)C(=O)Nc1ccc2c(c1)OC(C)(C)O2. The Hall–Kier alpha value is -2.69. The van der Waals surface area contributed by atoms with Crippen LogP contribution >= 0.6 is 0 Å². The molecule has 0 radical (unpaired) electrons. The maximum Gasteiger partial charge on any atom is 0.322 e. The molecule has 0 atom stereocenters. The van der Waals surface area contributed by atoms with Gasteiger partial charge in [0.05, 0.1) is 0 Å². The first-order valence-electron chi connectivity index (χ1n) is 8.59. The van der Waals surface area contributed by atoms with Crippen LogP contribution in [-0.2, 0) is 6.54 Å². The lowest BCUT2D eigenvalue weighted by Gasteiger charge is -2.22. The van der Waals surface area contributed by atoms with Crippen LogP contribution in [0.2, 0.25) is 0 Å². The van der Waals surface area contributed by atoms with Crippen molar-refractivity contribution in [2.75, 3.05) is 11.9 Å². The van der Waals surface area contributed by atoms with Crippen molar-refractivity contribution in [2.45, 2.75) is 39.5 Å². The Bertz CT molecular complexity index is 744. The van der Waals surface area contributed by atoms with Crippen LogP contribution in [0.5, 0.6) is 11.5 Å². The number of anilines is 1. The molecule has 1 aliphatic rings. The largest absolute Gasteiger partial charge is 0.449 e. The summed E-state index contributed by atoms with van der Waals surface area (Å²) in [5, 5.41) is 2.96. The Kier molecular flexibility index (Phi) is 4.83. The first-order valence-corrected chi connectivity index (χ1v) is 8.59. The van der Waals surface area contributed by atoms with Crippen molar-refractivity contribution < 1.29 is 14.3 Å². The van der Waals surface area contributed by atoms with Crippen LogP contribution in [0.1, 0.15) is 32.8 Å². The van der Waals surface area contributed by atoms with Gasteiger partial charge in [0.1, 0.15) is 0 Å². The van der Waals surface area contributed by atoms with Crippen LogP contribution in [0.15, 0.2) is 48.5 Å². The van der Waals surface area contributed by atoms with Crippen molar-refractivity contribution in [3.8, 4) is 11.5 Å². The molecule has 0 saturated heterocycles. The third kappa shape index (κ3) is 4.24. The van der Waals surface area contributed by atoms with Gasteiger partial charge in [0.2, 0.25) is 5.79 Å². The number of nitrogens with one attached hydrogen (secondary N) is 1. The molecule has 0 fully saturated rings. The summed E-state index contributed by atoms with van der Waals surface area (Å²) in [4.78, 5) is 14.5. The molecule has 0 bridgehead atoms. The maximum absolute atomic E-state index is 12.7. The highest BCUT2D eigenvalue weighted by Gasteiger charge is 2.31. The Morgan fingerprint density at radius 2 is 1.80 bits per heavy atom. The van der Waals surface area contributed by atoms with E-state index in [0.717, 1.165) is 12.0 Å². The topological polar surface area (TPSA) is 50.8 Å². The van der Waals surface area contributed by atoms with Crippen molar-refractivity contribution >= 4 is 11.7 Å². The van der Waals surface area contributed by atoms with E-state index in [0.29, 0.717) is 30.3 Å². The van der Waals surface area contributed by atoms with Gasteiger partial charge in [-0.2, -0.15) is 0 Å². The molecule has 5 nitrogen and oxygen atoms in total. The lowest BCUT2D eigenvalue weighted by molar-refractivity contribution is -0.0431. The van der Waals surface area contributed by atoms with Crippen LogP contribution in [0.3, 0.4) is 0 Å². The summed E-state index contributed by atoms with van der Waals surface area (Å²) in [5.41, 5.74) is 1.80. The van der Waals surface area contributed by atoms with Crippen molar-refractivity contribution in [1.29, 1.82) is 0 Å². The first kappa shape index (κ1) is 17.1. The van der Waals surface area contributed by atoms with Crippen LogP contribution in [0.25, 0.3) is 0 Å². The number of hydrogen-bond donors (Lipinski definition) is 1. The molecule has 0 aliphatic carbocycles. The molecule has 2 amide bonds. The monoisotopic (exact) mass is 340 g/mol. The highest BCUT2D eigenvalue weighted by atomic mass is 16.7. The first-order chi connectivity index (χ1) is 12.0. The van der Waals surface area contributed by atoms with Gasteiger partial charge in [-0.3, -0.25) is 0 Å². The molecule has 1 aliphatic heterocycles. The van der Waals surface area contributed by atoms with E-state index >= 15 is 0 Å². The zero-order chi connectivity index (χ0) is 17.9. The second-order valence-corrected chi connectivity index (χ2v) is 6.60. The van der Waals surface area contributed by atoms with Gasteiger partial charge in [-0.15, -0.1) is 0 Å². The molecule has 3 rings (SSSR count). The van der Waals surface area contributed by atoms with Gasteiger partial charge < -0.3 is 19.7 Å². The summed E-state index contributed by atoms with van der Waals surface area (Å²) in [5.74, 6) is 0.664. The quantitative estimate of drug-likeness (QED) is 0.863. The summed E-state index contributed by atoms with van der Waals surface area (Å²) in [6.07, 6.45) is 0.898. The minimum absolute atomic E-state index is 0.121. The lowest BCUT2D eigenvalue weighted by Crippen LogP contribution is -2.35. The van der Waals surface area contributed by atoms with Gasteiger partial charge in [0.15, 0.2) is 11.5 Å². The van der Waals surface area contributed by atoms with E-state index in [9.17, 15) is 4.79 Å². The second kappa shape index (κ2) is 7.05. The number of amides is 2. The summed E-state index contributed by atoms with van der Waals surface area (Å²) < 4.78 is 11.4. The summed E-state index contributed by atoms with van der Waals surface area (Å²) in [6.45, 7) is 7.05. The van der Waals surface area contributed by atoms with Crippen LogP contribution in [0.4, 0.5) is 10.5 Å². The predicted octanol–water partition coefficient (Wildman–Crippen LogP) is 4.64. The molecule has 132 valence electrons. The number of ether oxygens (including phenoxy) is 2. The van der Waals surface area contributed by atoms with E-state index in [-0.39, 0.29) is 6.03 Å². The molecule has 0 aromatic heterocycles. The average Bonchev–Trinajstić information content (AvgIpc) is 2.88. The molecule has 5 heteroatoms. The number of nitrogens with zero attached hydrogens (tertiary/aromatic N) is 1. The van der Waals surface area contributed by atoms with E-state index in [4.69, 9.17) is 9.47 Å². The Morgan fingerprint density at radius 3 is 2.52 bits per heavy atom. The van der Waals surface area contributed by atoms with Gasteiger partial charge in [0.25, 0.3) is 0 Å². The Morgan fingerprint density at radius 1 is 1.08 bits per heavy atom. The van der Waals surface area contributed by atoms with E-state index in [1.807, 2.05) is 61.2 Å². The molecular weight excluding hydrogens is 316 g/mol. The maximum atomic E-state index is 12.7. The molecule has 25 heavy (non-hydrogen) atoms. The van der Waals surface area contributed by atoms with Gasteiger partial charge in [-0.25, -0.2) is 4.79 Å². The second-order valence-electron chi connectivity index (χ2n) is 6.60. The number of fused-ring (bicyclic) bond motifs is 1. The fourth-order valence-electron chi connectivity index (χ4n) is 2.83. The summed E-state index contributed by atoms with van der Waals surface area (Å²) >= 11 is 0.